The first-order valence-corrected chi connectivity index (χ1v) is 9.88. The van der Waals surface area contributed by atoms with Gasteiger partial charge in [0.1, 0.15) is 0 Å². The lowest BCUT2D eigenvalue weighted by Gasteiger charge is -2.36. The van der Waals surface area contributed by atoms with Crippen LogP contribution in [0.2, 0.25) is 0 Å². The van der Waals surface area contributed by atoms with Gasteiger partial charge in [0.15, 0.2) is 0 Å². The lowest BCUT2D eigenvalue weighted by Crippen LogP contribution is -2.36. The van der Waals surface area contributed by atoms with Gasteiger partial charge in [0, 0.05) is 37.6 Å². The van der Waals surface area contributed by atoms with Gasteiger partial charge in [-0.1, -0.05) is 12.1 Å². The van der Waals surface area contributed by atoms with Crippen LogP contribution < -0.4 is 4.74 Å². The van der Waals surface area contributed by atoms with Crippen molar-refractivity contribution in [1.82, 2.24) is 24.4 Å². The molecule has 28 heavy (non-hydrogen) atoms. The summed E-state index contributed by atoms with van der Waals surface area (Å²) in [5.74, 6) is 1.13. The summed E-state index contributed by atoms with van der Waals surface area (Å²) in [4.78, 5) is 15.4. The summed E-state index contributed by atoms with van der Waals surface area (Å²) in [6, 6.07) is 8.65. The molecule has 0 spiro atoms. The van der Waals surface area contributed by atoms with E-state index in [0.717, 1.165) is 49.1 Å². The van der Waals surface area contributed by atoms with Crippen LogP contribution in [0.15, 0.2) is 43.0 Å². The number of aliphatic hydroxyl groups is 1. The highest BCUT2D eigenvalue weighted by Crippen LogP contribution is 2.42. The Hall–Kier alpha value is -2.51. The Kier molecular flexibility index (Phi) is 4.49. The van der Waals surface area contributed by atoms with Crippen LogP contribution in [-0.4, -0.2) is 55.8 Å². The number of rotatable bonds is 4. The number of hydrogen-bond acceptors (Lipinski definition) is 6. The minimum atomic E-state index is -0.330. The van der Waals surface area contributed by atoms with Crippen LogP contribution in [0.5, 0.6) is 6.01 Å². The molecule has 2 aromatic heterocycles. The summed E-state index contributed by atoms with van der Waals surface area (Å²) in [6.07, 6.45) is 7.06. The van der Waals surface area contributed by atoms with E-state index in [0.29, 0.717) is 17.8 Å². The lowest BCUT2D eigenvalue weighted by atomic mass is 9.77. The lowest BCUT2D eigenvalue weighted by molar-refractivity contribution is 0.0374. The molecule has 3 heterocycles. The van der Waals surface area contributed by atoms with Crippen LogP contribution in [0.4, 0.5) is 0 Å². The smallest absolute Gasteiger partial charge is 0.316 e. The highest BCUT2D eigenvalue weighted by atomic mass is 16.5. The molecule has 0 amide bonds. The summed E-state index contributed by atoms with van der Waals surface area (Å²) in [7, 11) is 1.57. The number of para-hydroxylation sites is 2. The molecule has 2 fully saturated rings. The SMILES string of the molecule is COc1ncc(CN2C[C@H]3C[C@@H](n4cnc5ccccc54)[C@H](O)C[C@H]3C2)cn1. The van der Waals surface area contributed by atoms with Crippen molar-refractivity contribution in [2.45, 2.75) is 31.5 Å². The third kappa shape index (κ3) is 3.14. The van der Waals surface area contributed by atoms with Crippen molar-refractivity contribution >= 4 is 11.0 Å². The van der Waals surface area contributed by atoms with Crippen LogP contribution in [0.3, 0.4) is 0 Å². The molecule has 1 N–H and O–H groups in total. The maximum atomic E-state index is 10.9. The molecule has 3 aromatic rings. The second-order valence-electron chi connectivity index (χ2n) is 8.04. The average Bonchev–Trinajstić information content (AvgIpc) is 3.31. The first-order chi connectivity index (χ1) is 13.7. The molecule has 0 unspecified atom stereocenters. The predicted octanol–water partition coefficient (Wildman–Crippen LogP) is 2.28. The molecule has 5 rings (SSSR count). The van der Waals surface area contributed by atoms with Gasteiger partial charge in [-0.05, 0) is 36.8 Å². The van der Waals surface area contributed by atoms with Gasteiger partial charge in [0.25, 0.3) is 0 Å². The Balaban J connectivity index is 1.30. The van der Waals surface area contributed by atoms with E-state index in [-0.39, 0.29) is 12.1 Å². The number of aromatic nitrogens is 4. The van der Waals surface area contributed by atoms with E-state index < -0.39 is 0 Å². The van der Waals surface area contributed by atoms with Gasteiger partial charge in [-0.2, -0.15) is 0 Å². The number of aliphatic hydroxyl groups excluding tert-OH is 1. The zero-order valence-corrected chi connectivity index (χ0v) is 16.0. The summed E-state index contributed by atoms with van der Waals surface area (Å²) >= 11 is 0. The van der Waals surface area contributed by atoms with Crippen molar-refractivity contribution in [3.05, 3.63) is 48.5 Å². The molecule has 146 valence electrons. The predicted molar refractivity (Wildman–Crippen MR) is 105 cm³/mol. The molecule has 1 saturated heterocycles. The summed E-state index contributed by atoms with van der Waals surface area (Å²) in [6.45, 7) is 2.91. The number of ether oxygens (including phenoxy) is 1. The number of imidazole rings is 1. The fraction of sp³-hybridized carbons (Fsp3) is 0.476. The number of benzene rings is 1. The fourth-order valence-corrected chi connectivity index (χ4v) is 4.96. The van der Waals surface area contributed by atoms with Gasteiger partial charge in [0.05, 0.1) is 36.6 Å². The fourth-order valence-electron chi connectivity index (χ4n) is 4.96. The van der Waals surface area contributed by atoms with E-state index in [1.165, 1.54) is 0 Å². The maximum Gasteiger partial charge on any atom is 0.316 e. The molecule has 1 aliphatic carbocycles. The van der Waals surface area contributed by atoms with Crippen LogP contribution in [-0.2, 0) is 6.54 Å². The number of methoxy groups -OCH3 is 1. The van der Waals surface area contributed by atoms with E-state index in [1.54, 1.807) is 7.11 Å². The average molecular weight is 379 g/mol. The van der Waals surface area contributed by atoms with Gasteiger partial charge in [0.2, 0.25) is 0 Å². The molecule has 1 aromatic carbocycles. The normalized spacial score (nSPS) is 27.8. The van der Waals surface area contributed by atoms with Crippen molar-refractivity contribution in [2.75, 3.05) is 20.2 Å². The van der Waals surface area contributed by atoms with Crippen LogP contribution in [0.25, 0.3) is 11.0 Å². The first-order valence-electron chi connectivity index (χ1n) is 9.88. The van der Waals surface area contributed by atoms with Crippen molar-refractivity contribution in [3.8, 4) is 6.01 Å². The molecule has 1 saturated carbocycles. The van der Waals surface area contributed by atoms with Crippen molar-refractivity contribution in [2.24, 2.45) is 11.8 Å². The third-order valence-corrected chi connectivity index (χ3v) is 6.29. The standard InChI is InChI=1S/C21H25N5O2/c1-28-21-22-8-14(9-23-21)10-25-11-15-6-19(20(27)7-16(15)12-25)26-13-24-17-4-2-3-5-18(17)26/h2-5,8-9,13,15-16,19-20,27H,6-7,10-12H2,1H3/t15-,16+,19-,20-/m1/s1. The van der Waals surface area contributed by atoms with Crippen LogP contribution in [0, 0.1) is 11.8 Å². The molecular weight excluding hydrogens is 354 g/mol. The van der Waals surface area contributed by atoms with Crippen LogP contribution >= 0.6 is 0 Å². The van der Waals surface area contributed by atoms with Gasteiger partial charge in [-0.3, -0.25) is 4.90 Å². The van der Waals surface area contributed by atoms with E-state index in [9.17, 15) is 5.11 Å². The van der Waals surface area contributed by atoms with Gasteiger partial charge < -0.3 is 14.4 Å². The van der Waals surface area contributed by atoms with Gasteiger partial charge in [-0.15, -0.1) is 0 Å². The third-order valence-electron chi connectivity index (χ3n) is 6.29. The Morgan fingerprint density at radius 1 is 1.07 bits per heavy atom. The number of nitrogens with zero attached hydrogens (tertiary/aromatic N) is 5. The second kappa shape index (κ2) is 7.14. The highest BCUT2D eigenvalue weighted by Gasteiger charge is 2.42. The van der Waals surface area contributed by atoms with Crippen molar-refractivity contribution in [1.29, 1.82) is 0 Å². The highest BCUT2D eigenvalue weighted by molar-refractivity contribution is 5.75. The Labute approximate surface area is 164 Å². The maximum absolute atomic E-state index is 10.9. The largest absolute Gasteiger partial charge is 0.467 e. The molecule has 7 heteroatoms. The molecule has 0 radical (unpaired) electrons. The minimum absolute atomic E-state index is 0.0953. The Morgan fingerprint density at radius 2 is 1.82 bits per heavy atom. The summed E-state index contributed by atoms with van der Waals surface area (Å²) < 4.78 is 7.21. The van der Waals surface area contributed by atoms with Crippen LogP contribution in [0.1, 0.15) is 24.4 Å². The molecule has 1 aliphatic heterocycles. The summed E-state index contributed by atoms with van der Waals surface area (Å²) in [5.41, 5.74) is 3.19. The van der Waals surface area contributed by atoms with E-state index >= 15 is 0 Å². The number of fused-ring (bicyclic) bond motifs is 2. The zero-order chi connectivity index (χ0) is 19.1. The minimum Gasteiger partial charge on any atom is -0.467 e. The summed E-state index contributed by atoms with van der Waals surface area (Å²) in [5, 5.41) is 10.9. The second-order valence-corrected chi connectivity index (χ2v) is 8.04. The van der Waals surface area contributed by atoms with E-state index in [2.05, 4.69) is 30.5 Å². The monoisotopic (exact) mass is 379 g/mol. The molecule has 4 atom stereocenters. The number of likely N-dealkylation sites (tertiary alicyclic amines) is 1. The molecule has 7 nitrogen and oxygen atoms in total. The van der Waals surface area contributed by atoms with E-state index in [1.807, 2.05) is 36.9 Å². The van der Waals surface area contributed by atoms with Gasteiger partial charge >= 0.3 is 6.01 Å². The Morgan fingerprint density at radius 3 is 2.61 bits per heavy atom. The zero-order valence-electron chi connectivity index (χ0n) is 16.0. The Bertz CT molecular complexity index is 957. The quantitative estimate of drug-likeness (QED) is 0.750. The molecular formula is C21H25N5O2. The number of hydrogen-bond donors (Lipinski definition) is 1. The first kappa shape index (κ1) is 17.6. The molecule has 0 bridgehead atoms. The van der Waals surface area contributed by atoms with Crippen molar-refractivity contribution in [3.63, 3.8) is 0 Å². The van der Waals surface area contributed by atoms with Crippen molar-refractivity contribution < 1.29 is 9.84 Å². The molecule has 2 aliphatic rings. The topological polar surface area (TPSA) is 76.3 Å². The van der Waals surface area contributed by atoms with Gasteiger partial charge in [-0.25, -0.2) is 15.0 Å². The van der Waals surface area contributed by atoms with E-state index in [4.69, 9.17) is 4.74 Å².